The molecule has 2 aromatic carbocycles. The summed E-state index contributed by atoms with van der Waals surface area (Å²) in [6, 6.07) is 12.6. The zero-order valence-electron chi connectivity index (χ0n) is 21.2. The van der Waals surface area contributed by atoms with Crippen LogP contribution >= 0.6 is 27.5 Å². The highest BCUT2D eigenvalue weighted by Crippen LogP contribution is 2.31. The number of hydrogen-bond donors (Lipinski definition) is 1. The third-order valence-corrected chi connectivity index (χ3v) is 6.32. The Morgan fingerprint density at radius 1 is 1.09 bits per heavy atom. The van der Waals surface area contributed by atoms with Crippen LogP contribution in [-0.2, 0) is 21.5 Å². The van der Waals surface area contributed by atoms with Gasteiger partial charge in [0.05, 0.1) is 4.47 Å². The van der Waals surface area contributed by atoms with Crippen molar-refractivity contribution < 1.29 is 14.3 Å². The molecule has 0 unspecified atom stereocenters. The highest BCUT2D eigenvalue weighted by atomic mass is 79.9. The van der Waals surface area contributed by atoms with Gasteiger partial charge in [0.25, 0.3) is 5.91 Å². The Labute approximate surface area is 217 Å². The maximum Gasteiger partial charge on any atom is 0.261 e. The standard InChI is InChI=1S/C27H36BrClN2O3/c1-8-22(25(33)30-27(5,6)7)31(16-18-11-9-10-12-21(18)29)24(32)17-34-23-14-13-19(15-20(23)28)26(2,3)4/h9-15,22H,8,16-17H2,1-7H3,(H,30,33)/t22-/m0/s1. The maximum atomic E-state index is 13.4. The van der Waals surface area contributed by atoms with Crippen molar-refractivity contribution in [2.45, 2.75) is 78.4 Å². The van der Waals surface area contributed by atoms with E-state index in [2.05, 4.69) is 42.0 Å². The minimum absolute atomic E-state index is 0.00260. The van der Waals surface area contributed by atoms with Crippen molar-refractivity contribution in [1.29, 1.82) is 0 Å². The molecule has 0 aliphatic heterocycles. The Bertz CT molecular complexity index is 1010. The van der Waals surface area contributed by atoms with Crippen molar-refractivity contribution >= 4 is 39.3 Å². The number of carbonyl (C=O) groups excluding carboxylic acids is 2. The molecule has 0 bridgehead atoms. The van der Waals surface area contributed by atoms with Crippen LogP contribution in [0.15, 0.2) is 46.9 Å². The fourth-order valence-corrected chi connectivity index (χ4v) is 4.18. The second-order valence-corrected chi connectivity index (χ2v) is 11.7. The van der Waals surface area contributed by atoms with Crippen LogP contribution in [0.25, 0.3) is 0 Å². The van der Waals surface area contributed by atoms with E-state index in [1.54, 1.807) is 11.0 Å². The van der Waals surface area contributed by atoms with Gasteiger partial charge in [-0.3, -0.25) is 9.59 Å². The minimum atomic E-state index is -0.654. The van der Waals surface area contributed by atoms with E-state index in [9.17, 15) is 9.59 Å². The molecule has 0 aliphatic carbocycles. The maximum absolute atomic E-state index is 13.4. The molecule has 7 heteroatoms. The summed E-state index contributed by atoms with van der Waals surface area (Å²) in [5.74, 6) is 0.0833. The van der Waals surface area contributed by atoms with E-state index >= 15 is 0 Å². The summed E-state index contributed by atoms with van der Waals surface area (Å²) in [6.45, 7) is 14.1. The quantitative estimate of drug-likeness (QED) is 0.407. The van der Waals surface area contributed by atoms with E-state index in [4.69, 9.17) is 16.3 Å². The molecular formula is C27H36BrClN2O3. The molecule has 34 heavy (non-hydrogen) atoms. The first-order valence-electron chi connectivity index (χ1n) is 11.5. The zero-order valence-corrected chi connectivity index (χ0v) is 23.5. The summed E-state index contributed by atoms with van der Waals surface area (Å²) in [7, 11) is 0. The van der Waals surface area contributed by atoms with E-state index in [0.29, 0.717) is 17.2 Å². The van der Waals surface area contributed by atoms with Crippen molar-refractivity contribution in [2.75, 3.05) is 6.61 Å². The predicted octanol–water partition coefficient (Wildman–Crippen LogP) is 6.50. The molecule has 1 atom stereocenters. The molecule has 0 heterocycles. The molecular weight excluding hydrogens is 516 g/mol. The summed E-state index contributed by atoms with van der Waals surface area (Å²) in [5.41, 5.74) is 1.51. The number of amides is 2. The topological polar surface area (TPSA) is 58.6 Å². The monoisotopic (exact) mass is 550 g/mol. The molecule has 0 aromatic heterocycles. The number of rotatable bonds is 8. The Hall–Kier alpha value is -2.05. The van der Waals surface area contributed by atoms with Crippen LogP contribution in [-0.4, -0.2) is 34.9 Å². The Morgan fingerprint density at radius 3 is 2.26 bits per heavy atom. The number of nitrogens with zero attached hydrogens (tertiary/aromatic N) is 1. The van der Waals surface area contributed by atoms with Crippen LogP contribution in [0, 0.1) is 0 Å². The van der Waals surface area contributed by atoms with E-state index in [1.165, 1.54) is 0 Å². The van der Waals surface area contributed by atoms with E-state index in [0.717, 1.165) is 15.6 Å². The molecule has 0 fully saturated rings. The van der Waals surface area contributed by atoms with Crippen molar-refractivity contribution in [1.82, 2.24) is 10.2 Å². The molecule has 0 aliphatic rings. The average Bonchev–Trinajstić information content (AvgIpc) is 2.71. The van der Waals surface area contributed by atoms with Crippen LogP contribution in [0.4, 0.5) is 0 Å². The van der Waals surface area contributed by atoms with Gasteiger partial charge in [-0.05, 0) is 77.9 Å². The molecule has 0 saturated heterocycles. The van der Waals surface area contributed by atoms with Crippen molar-refractivity contribution in [3.63, 3.8) is 0 Å². The summed E-state index contributed by atoms with van der Waals surface area (Å²) >= 11 is 9.93. The molecule has 0 spiro atoms. The second kappa shape index (κ2) is 11.6. The predicted molar refractivity (Wildman–Crippen MR) is 142 cm³/mol. The van der Waals surface area contributed by atoms with Crippen LogP contribution in [0.2, 0.25) is 5.02 Å². The summed E-state index contributed by atoms with van der Waals surface area (Å²) < 4.78 is 6.67. The lowest BCUT2D eigenvalue weighted by Gasteiger charge is -2.33. The summed E-state index contributed by atoms with van der Waals surface area (Å²) in [4.78, 5) is 28.0. The molecule has 186 valence electrons. The lowest BCUT2D eigenvalue weighted by molar-refractivity contribution is -0.143. The molecule has 1 N–H and O–H groups in total. The smallest absolute Gasteiger partial charge is 0.261 e. The van der Waals surface area contributed by atoms with Gasteiger partial charge in [-0.25, -0.2) is 0 Å². The largest absolute Gasteiger partial charge is 0.483 e. The number of ether oxygens (including phenoxy) is 1. The van der Waals surface area contributed by atoms with Crippen LogP contribution in [0.1, 0.15) is 66.0 Å². The molecule has 0 radical (unpaired) electrons. The normalized spacial score (nSPS) is 12.7. The van der Waals surface area contributed by atoms with Gasteiger partial charge in [0.1, 0.15) is 11.8 Å². The first-order chi connectivity index (χ1) is 15.7. The number of hydrogen-bond acceptors (Lipinski definition) is 3. The van der Waals surface area contributed by atoms with E-state index in [-0.39, 0.29) is 30.4 Å². The lowest BCUT2D eigenvalue weighted by Crippen LogP contribution is -2.54. The van der Waals surface area contributed by atoms with Gasteiger partial charge < -0.3 is 15.0 Å². The SMILES string of the molecule is CC[C@@H](C(=O)NC(C)(C)C)N(Cc1ccccc1Cl)C(=O)COc1ccc(C(C)(C)C)cc1Br. The van der Waals surface area contributed by atoms with Gasteiger partial charge in [-0.1, -0.05) is 63.6 Å². The highest BCUT2D eigenvalue weighted by molar-refractivity contribution is 9.10. The van der Waals surface area contributed by atoms with Crippen molar-refractivity contribution in [3.05, 3.63) is 63.1 Å². The number of nitrogens with one attached hydrogen (secondary N) is 1. The average molecular weight is 552 g/mol. The van der Waals surface area contributed by atoms with Crippen LogP contribution < -0.4 is 10.1 Å². The van der Waals surface area contributed by atoms with Gasteiger partial charge in [-0.2, -0.15) is 0 Å². The van der Waals surface area contributed by atoms with Gasteiger partial charge in [-0.15, -0.1) is 0 Å². The Morgan fingerprint density at radius 2 is 1.74 bits per heavy atom. The third-order valence-electron chi connectivity index (χ3n) is 5.33. The molecule has 2 rings (SSSR count). The van der Waals surface area contributed by atoms with E-state index < -0.39 is 11.6 Å². The zero-order chi connectivity index (χ0) is 25.7. The van der Waals surface area contributed by atoms with Crippen LogP contribution in [0.3, 0.4) is 0 Å². The molecule has 2 amide bonds. The second-order valence-electron chi connectivity index (χ2n) is 10.5. The van der Waals surface area contributed by atoms with Gasteiger partial charge in [0, 0.05) is 17.1 Å². The molecule has 5 nitrogen and oxygen atoms in total. The number of benzene rings is 2. The minimum Gasteiger partial charge on any atom is -0.483 e. The first-order valence-corrected chi connectivity index (χ1v) is 12.7. The fraction of sp³-hybridized carbons (Fsp3) is 0.481. The highest BCUT2D eigenvalue weighted by Gasteiger charge is 2.31. The summed E-state index contributed by atoms with van der Waals surface area (Å²) in [6.07, 6.45) is 0.460. The van der Waals surface area contributed by atoms with E-state index in [1.807, 2.05) is 64.1 Å². The van der Waals surface area contributed by atoms with Gasteiger partial charge in [0.15, 0.2) is 6.61 Å². The number of halogens is 2. The Kier molecular flexibility index (Phi) is 9.61. The molecule has 0 saturated carbocycles. The van der Waals surface area contributed by atoms with Gasteiger partial charge in [0.2, 0.25) is 5.91 Å². The lowest BCUT2D eigenvalue weighted by atomic mass is 9.87. The Balaban J connectivity index is 2.28. The van der Waals surface area contributed by atoms with Crippen LogP contribution in [0.5, 0.6) is 5.75 Å². The fourth-order valence-electron chi connectivity index (χ4n) is 3.49. The van der Waals surface area contributed by atoms with Crippen molar-refractivity contribution in [2.24, 2.45) is 0 Å². The van der Waals surface area contributed by atoms with Crippen molar-refractivity contribution in [3.8, 4) is 5.75 Å². The third kappa shape index (κ3) is 8.02. The summed E-state index contributed by atoms with van der Waals surface area (Å²) in [5, 5.41) is 3.54. The molecule has 2 aromatic rings. The number of carbonyl (C=O) groups is 2. The van der Waals surface area contributed by atoms with Gasteiger partial charge >= 0.3 is 0 Å². The first kappa shape index (κ1) is 28.2.